The summed E-state index contributed by atoms with van der Waals surface area (Å²) in [5.74, 6) is -0.411. The van der Waals surface area contributed by atoms with Gasteiger partial charge in [0.2, 0.25) is 0 Å². The summed E-state index contributed by atoms with van der Waals surface area (Å²) in [6, 6.07) is 14.0. The van der Waals surface area contributed by atoms with E-state index in [0.717, 1.165) is 17.5 Å². The molecule has 5 nitrogen and oxygen atoms in total. The highest BCUT2D eigenvalue weighted by Gasteiger charge is 2.10. The first-order valence-corrected chi connectivity index (χ1v) is 9.31. The maximum absolute atomic E-state index is 12.1. The van der Waals surface area contributed by atoms with Crippen LogP contribution in [0.25, 0.3) is 0 Å². The molecule has 2 aromatic carbocycles. The zero-order chi connectivity index (χ0) is 17.5. The van der Waals surface area contributed by atoms with Gasteiger partial charge in [-0.15, -0.1) is 0 Å². The van der Waals surface area contributed by atoms with Crippen LogP contribution in [-0.4, -0.2) is 22.3 Å². The standard InChI is InChI=1S/C18H20N2O3S/c1-3-13-7-9-15(10-8-13)17(21)19-20-18(22)16-6-4-5-14(11-16)12-24(2)23/h4-11H,3,12H2,1-2H3,(H,19,21)(H,20,22). The first kappa shape index (κ1) is 17.9. The number of nitrogens with one attached hydrogen (secondary N) is 2. The van der Waals surface area contributed by atoms with Gasteiger partial charge >= 0.3 is 0 Å². The van der Waals surface area contributed by atoms with Gasteiger partial charge in [0.15, 0.2) is 0 Å². The molecule has 126 valence electrons. The molecule has 1 unspecified atom stereocenters. The fourth-order valence-corrected chi connectivity index (χ4v) is 2.84. The van der Waals surface area contributed by atoms with Gasteiger partial charge in [0.05, 0.1) is 0 Å². The van der Waals surface area contributed by atoms with Crippen molar-refractivity contribution in [2.45, 2.75) is 19.1 Å². The fraction of sp³-hybridized carbons (Fsp3) is 0.222. The Hall–Kier alpha value is -2.47. The molecule has 2 rings (SSSR count). The van der Waals surface area contributed by atoms with Gasteiger partial charge in [0, 0.05) is 33.9 Å². The lowest BCUT2D eigenvalue weighted by Gasteiger charge is -2.09. The Morgan fingerprint density at radius 2 is 1.54 bits per heavy atom. The third-order valence-electron chi connectivity index (χ3n) is 3.47. The highest BCUT2D eigenvalue weighted by atomic mass is 32.2. The first-order chi connectivity index (χ1) is 11.5. The predicted octanol–water partition coefficient (Wildman–Crippen LogP) is 2.20. The van der Waals surface area contributed by atoms with Crippen molar-refractivity contribution in [3.63, 3.8) is 0 Å². The van der Waals surface area contributed by atoms with E-state index in [0.29, 0.717) is 16.9 Å². The topological polar surface area (TPSA) is 75.3 Å². The van der Waals surface area contributed by atoms with Crippen molar-refractivity contribution in [1.29, 1.82) is 0 Å². The Kier molecular flexibility index (Phi) is 6.26. The van der Waals surface area contributed by atoms with E-state index in [-0.39, 0.29) is 5.91 Å². The second kappa shape index (κ2) is 8.40. The first-order valence-electron chi connectivity index (χ1n) is 7.58. The number of carbonyl (C=O) groups is 2. The van der Waals surface area contributed by atoms with E-state index in [9.17, 15) is 13.8 Å². The molecule has 0 heterocycles. The molecule has 2 aromatic rings. The molecule has 0 bridgehead atoms. The van der Waals surface area contributed by atoms with Crippen molar-refractivity contribution >= 4 is 22.6 Å². The van der Waals surface area contributed by atoms with E-state index in [1.807, 2.05) is 25.1 Å². The Balaban J connectivity index is 1.96. The van der Waals surface area contributed by atoms with Crippen LogP contribution >= 0.6 is 0 Å². The lowest BCUT2D eigenvalue weighted by molar-refractivity contribution is 0.0846. The average Bonchev–Trinajstić information content (AvgIpc) is 2.59. The summed E-state index contributed by atoms with van der Waals surface area (Å²) in [6.45, 7) is 2.04. The fourth-order valence-electron chi connectivity index (χ4n) is 2.19. The SMILES string of the molecule is CCc1ccc(C(=O)NNC(=O)c2cccc(CS(C)=O)c2)cc1. The van der Waals surface area contributed by atoms with Gasteiger partial charge in [-0.05, 0) is 41.8 Å². The maximum atomic E-state index is 12.1. The smallest absolute Gasteiger partial charge is 0.267 e. The molecule has 0 saturated heterocycles. The van der Waals surface area contributed by atoms with E-state index in [2.05, 4.69) is 10.9 Å². The summed E-state index contributed by atoms with van der Waals surface area (Å²) in [5.41, 5.74) is 7.62. The number of hydrogen-bond donors (Lipinski definition) is 2. The van der Waals surface area contributed by atoms with Crippen molar-refractivity contribution in [1.82, 2.24) is 10.9 Å². The summed E-state index contributed by atoms with van der Waals surface area (Å²) in [4.78, 5) is 24.1. The van der Waals surface area contributed by atoms with Crippen LogP contribution in [0.1, 0.15) is 38.8 Å². The van der Waals surface area contributed by atoms with E-state index < -0.39 is 16.7 Å². The van der Waals surface area contributed by atoms with Gasteiger partial charge in [0.1, 0.15) is 0 Å². The Morgan fingerprint density at radius 1 is 0.917 bits per heavy atom. The van der Waals surface area contributed by atoms with Gasteiger partial charge < -0.3 is 0 Å². The van der Waals surface area contributed by atoms with Crippen LogP contribution < -0.4 is 10.9 Å². The molecule has 0 saturated carbocycles. The minimum Gasteiger partial charge on any atom is -0.267 e. The van der Waals surface area contributed by atoms with Crippen LogP contribution in [0.3, 0.4) is 0 Å². The van der Waals surface area contributed by atoms with E-state index in [1.54, 1.807) is 36.6 Å². The highest BCUT2D eigenvalue weighted by molar-refractivity contribution is 7.83. The molecular weight excluding hydrogens is 324 g/mol. The quantitative estimate of drug-likeness (QED) is 0.817. The molecule has 0 aliphatic rings. The van der Waals surface area contributed by atoms with Crippen LogP contribution in [-0.2, 0) is 23.0 Å². The molecular formula is C18H20N2O3S. The third-order valence-corrected chi connectivity index (χ3v) is 4.21. The largest absolute Gasteiger partial charge is 0.269 e. The molecule has 0 aromatic heterocycles. The Bertz CT molecular complexity index is 757. The normalized spacial score (nSPS) is 11.6. The second-order valence-electron chi connectivity index (χ2n) is 5.38. The molecule has 0 spiro atoms. The number of rotatable bonds is 5. The summed E-state index contributed by atoms with van der Waals surface area (Å²) in [7, 11) is -0.978. The highest BCUT2D eigenvalue weighted by Crippen LogP contribution is 2.08. The van der Waals surface area contributed by atoms with Gasteiger partial charge in [-0.1, -0.05) is 31.2 Å². The van der Waals surface area contributed by atoms with Crippen LogP contribution in [0.5, 0.6) is 0 Å². The Labute approximate surface area is 143 Å². The van der Waals surface area contributed by atoms with Crippen molar-refractivity contribution in [2.75, 3.05) is 6.26 Å². The summed E-state index contributed by atoms with van der Waals surface area (Å²) in [6.07, 6.45) is 2.51. The van der Waals surface area contributed by atoms with Gasteiger partial charge in [-0.3, -0.25) is 24.6 Å². The molecule has 2 amide bonds. The second-order valence-corrected chi connectivity index (χ2v) is 6.81. The molecule has 24 heavy (non-hydrogen) atoms. The van der Waals surface area contributed by atoms with Crippen LogP contribution in [0.4, 0.5) is 0 Å². The molecule has 1 atom stereocenters. The minimum absolute atomic E-state index is 0.378. The molecule has 0 fully saturated rings. The van der Waals surface area contributed by atoms with E-state index in [1.165, 1.54) is 0 Å². The number of hydrazine groups is 1. The van der Waals surface area contributed by atoms with E-state index in [4.69, 9.17) is 0 Å². The molecule has 0 radical (unpaired) electrons. The number of hydrogen-bond acceptors (Lipinski definition) is 3. The third kappa shape index (κ3) is 5.03. The average molecular weight is 344 g/mol. The molecule has 2 N–H and O–H groups in total. The summed E-state index contributed by atoms with van der Waals surface area (Å²) >= 11 is 0. The lowest BCUT2D eigenvalue weighted by Crippen LogP contribution is -2.41. The maximum Gasteiger partial charge on any atom is 0.269 e. The Morgan fingerprint density at radius 3 is 2.12 bits per heavy atom. The molecule has 6 heteroatoms. The van der Waals surface area contributed by atoms with Crippen LogP contribution in [0.2, 0.25) is 0 Å². The summed E-state index contributed by atoms with van der Waals surface area (Å²) < 4.78 is 11.3. The van der Waals surface area contributed by atoms with Gasteiger partial charge in [-0.2, -0.15) is 0 Å². The van der Waals surface area contributed by atoms with Crippen molar-refractivity contribution in [3.05, 3.63) is 70.8 Å². The number of carbonyl (C=O) groups excluding carboxylic acids is 2. The van der Waals surface area contributed by atoms with Gasteiger partial charge in [-0.25, -0.2) is 0 Å². The minimum atomic E-state index is -0.978. The zero-order valence-electron chi connectivity index (χ0n) is 13.7. The molecule has 0 aliphatic carbocycles. The summed E-state index contributed by atoms with van der Waals surface area (Å²) in [5, 5.41) is 0. The zero-order valence-corrected chi connectivity index (χ0v) is 14.5. The van der Waals surface area contributed by atoms with E-state index >= 15 is 0 Å². The lowest BCUT2D eigenvalue weighted by atomic mass is 10.1. The monoisotopic (exact) mass is 344 g/mol. The van der Waals surface area contributed by atoms with Crippen LogP contribution in [0.15, 0.2) is 48.5 Å². The number of amides is 2. The number of benzene rings is 2. The van der Waals surface area contributed by atoms with Crippen molar-refractivity contribution in [3.8, 4) is 0 Å². The van der Waals surface area contributed by atoms with Gasteiger partial charge in [0.25, 0.3) is 11.8 Å². The van der Waals surface area contributed by atoms with Crippen LogP contribution in [0, 0.1) is 0 Å². The number of aryl methyl sites for hydroxylation is 1. The van der Waals surface area contributed by atoms with Crippen molar-refractivity contribution < 1.29 is 13.8 Å². The molecule has 0 aliphatic heterocycles. The van der Waals surface area contributed by atoms with Crippen molar-refractivity contribution in [2.24, 2.45) is 0 Å². The predicted molar refractivity (Wildman–Crippen MR) is 95.0 cm³/mol.